The van der Waals surface area contributed by atoms with Crippen molar-refractivity contribution in [2.75, 3.05) is 44.4 Å². The monoisotopic (exact) mass is 392 g/mol. The van der Waals surface area contributed by atoms with Crippen LogP contribution in [0, 0.1) is 0 Å². The molecule has 2 saturated heterocycles. The van der Waals surface area contributed by atoms with E-state index in [9.17, 15) is 9.50 Å². The quantitative estimate of drug-likeness (QED) is 0.863. The number of aromatic nitrogens is 2. The second kappa shape index (κ2) is 7.96. The Morgan fingerprint density at radius 3 is 2.85 bits per heavy atom. The SMILES string of the molecule is Oc1cc(Cl)ccc1-c1ccc(N2CCO[C@@H]3CCN(CCF)C[C@@H]32)nn1. The molecule has 2 aromatic rings. The van der Waals surface area contributed by atoms with Crippen LogP contribution in [-0.4, -0.2) is 71.8 Å². The number of alkyl halides is 1. The molecule has 0 radical (unpaired) electrons. The van der Waals surface area contributed by atoms with Crippen LogP contribution in [0.2, 0.25) is 5.02 Å². The van der Waals surface area contributed by atoms with Crippen molar-refractivity contribution in [1.29, 1.82) is 0 Å². The highest BCUT2D eigenvalue weighted by molar-refractivity contribution is 6.30. The van der Waals surface area contributed by atoms with Gasteiger partial charge < -0.3 is 14.7 Å². The minimum Gasteiger partial charge on any atom is -0.507 e. The lowest BCUT2D eigenvalue weighted by Crippen LogP contribution is -2.60. The summed E-state index contributed by atoms with van der Waals surface area (Å²) in [5, 5.41) is 19.2. The second-order valence-electron chi connectivity index (χ2n) is 6.89. The summed E-state index contributed by atoms with van der Waals surface area (Å²) in [6, 6.07) is 8.82. The molecule has 2 aliphatic heterocycles. The van der Waals surface area contributed by atoms with Gasteiger partial charge in [0.25, 0.3) is 0 Å². The summed E-state index contributed by atoms with van der Waals surface area (Å²) in [6.07, 6.45) is 1.03. The van der Waals surface area contributed by atoms with E-state index in [2.05, 4.69) is 20.0 Å². The zero-order valence-corrected chi connectivity index (χ0v) is 15.6. The van der Waals surface area contributed by atoms with Crippen LogP contribution in [0.3, 0.4) is 0 Å². The molecule has 1 aromatic carbocycles. The zero-order valence-electron chi connectivity index (χ0n) is 14.9. The molecular weight excluding hydrogens is 371 g/mol. The molecule has 0 bridgehead atoms. The van der Waals surface area contributed by atoms with Gasteiger partial charge in [0, 0.05) is 36.8 Å². The van der Waals surface area contributed by atoms with Crippen molar-refractivity contribution in [3.63, 3.8) is 0 Å². The maximum absolute atomic E-state index is 12.7. The summed E-state index contributed by atoms with van der Waals surface area (Å²) in [5.41, 5.74) is 1.17. The summed E-state index contributed by atoms with van der Waals surface area (Å²) < 4.78 is 18.7. The van der Waals surface area contributed by atoms with Gasteiger partial charge >= 0.3 is 0 Å². The molecule has 27 heavy (non-hydrogen) atoms. The molecule has 0 aliphatic carbocycles. The van der Waals surface area contributed by atoms with Gasteiger partial charge in [-0.25, -0.2) is 4.39 Å². The summed E-state index contributed by atoms with van der Waals surface area (Å²) in [5.74, 6) is 0.845. The molecule has 0 saturated carbocycles. The predicted molar refractivity (Wildman–Crippen MR) is 102 cm³/mol. The van der Waals surface area contributed by atoms with Gasteiger partial charge in [-0.2, -0.15) is 0 Å². The lowest BCUT2D eigenvalue weighted by atomic mass is 9.98. The Kier molecular flexibility index (Phi) is 5.43. The van der Waals surface area contributed by atoms with Crippen LogP contribution in [0.1, 0.15) is 6.42 Å². The van der Waals surface area contributed by atoms with E-state index in [-0.39, 0.29) is 24.6 Å². The number of anilines is 1. The molecular formula is C19H22ClFN4O2. The maximum Gasteiger partial charge on any atom is 0.151 e. The number of ether oxygens (including phenoxy) is 1. The lowest BCUT2D eigenvalue weighted by Gasteiger charge is -2.47. The van der Waals surface area contributed by atoms with E-state index in [1.807, 2.05) is 12.1 Å². The van der Waals surface area contributed by atoms with Crippen LogP contribution in [0.5, 0.6) is 5.75 Å². The van der Waals surface area contributed by atoms with Crippen molar-refractivity contribution in [1.82, 2.24) is 15.1 Å². The number of phenolic OH excluding ortho intramolecular Hbond substituents is 1. The molecule has 1 N–H and O–H groups in total. The van der Waals surface area contributed by atoms with Crippen LogP contribution in [0.25, 0.3) is 11.3 Å². The zero-order chi connectivity index (χ0) is 18.8. The number of likely N-dealkylation sites (tertiary alicyclic amines) is 1. The van der Waals surface area contributed by atoms with Gasteiger partial charge in [-0.15, -0.1) is 10.2 Å². The van der Waals surface area contributed by atoms with E-state index < -0.39 is 0 Å². The van der Waals surface area contributed by atoms with E-state index in [1.54, 1.807) is 12.1 Å². The Hall–Kier alpha value is -1.96. The summed E-state index contributed by atoms with van der Waals surface area (Å²) in [6.45, 7) is 3.11. The predicted octanol–water partition coefficient (Wildman–Crippen LogP) is 2.75. The highest BCUT2D eigenvalue weighted by atomic mass is 35.5. The van der Waals surface area contributed by atoms with Gasteiger partial charge in [-0.3, -0.25) is 4.90 Å². The fourth-order valence-electron chi connectivity index (χ4n) is 3.89. The Labute approximate surface area is 162 Å². The standard InChI is InChI=1S/C19H22ClFN4O2/c20-13-1-2-14(17(26)11-13)15-3-4-19(23-22-15)25-9-10-27-18-5-7-24(8-6-21)12-16(18)25/h1-4,11,16,18,26H,5-10,12H2/t16-,18+/m0/s1. The third-order valence-electron chi connectivity index (χ3n) is 5.25. The van der Waals surface area contributed by atoms with Gasteiger partial charge in [0.2, 0.25) is 0 Å². The fraction of sp³-hybridized carbons (Fsp3) is 0.474. The number of rotatable bonds is 4. The van der Waals surface area contributed by atoms with Gasteiger partial charge in [0.15, 0.2) is 5.82 Å². The smallest absolute Gasteiger partial charge is 0.151 e. The number of hydrogen-bond donors (Lipinski definition) is 1. The van der Waals surface area contributed by atoms with Gasteiger partial charge in [-0.05, 0) is 36.8 Å². The number of morpholine rings is 1. The third kappa shape index (κ3) is 3.85. The minimum absolute atomic E-state index is 0.0742. The van der Waals surface area contributed by atoms with Crippen LogP contribution >= 0.6 is 11.6 Å². The van der Waals surface area contributed by atoms with Gasteiger partial charge in [-0.1, -0.05) is 11.6 Å². The molecule has 0 unspecified atom stereocenters. The number of nitrogens with zero attached hydrogens (tertiary/aromatic N) is 4. The lowest BCUT2D eigenvalue weighted by molar-refractivity contribution is -0.0298. The van der Waals surface area contributed by atoms with E-state index >= 15 is 0 Å². The number of phenols is 1. The Balaban J connectivity index is 1.55. The van der Waals surface area contributed by atoms with Gasteiger partial charge in [0.05, 0.1) is 24.4 Å². The van der Waals surface area contributed by atoms with Crippen LogP contribution in [-0.2, 0) is 4.74 Å². The summed E-state index contributed by atoms with van der Waals surface area (Å²) in [4.78, 5) is 4.34. The normalized spacial score (nSPS) is 23.3. The molecule has 2 aliphatic rings. The van der Waals surface area contributed by atoms with Crippen LogP contribution in [0.15, 0.2) is 30.3 Å². The number of hydrogen-bond acceptors (Lipinski definition) is 6. The molecule has 0 spiro atoms. The Bertz CT molecular complexity index is 792. The molecule has 2 fully saturated rings. The van der Waals surface area contributed by atoms with Crippen molar-refractivity contribution in [2.45, 2.75) is 18.6 Å². The molecule has 144 valence electrons. The fourth-order valence-corrected chi connectivity index (χ4v) is 4.05. The van der Waals surface area contributed by atoms with Crippen molar-refractivity contribution >= 4 is 17.4 Å². The first kappa shape index (κ1) is 18.4. The van der Waals surface area contributed by atoms with Crippen molar-refractivity contribution in [3.8, 4) is 17.0 Å². The van der Waals surface area contributed by atoms with Crippen molar-refractivity contribution in [3.05, 3.63) is 35.4 Å². The number of aromatic hydroxyl groups is 1. The number of piperidine rings is 1. The average Bonchev–Trinajstić information content (AvgIpc) is 2.68. The minimum atomic E-state index is -0.336. The summed E-state index contributed by atoms with van der Waals surface area (Å²) in [7, 11) is 0. The molecule has 8 heteroatoms. The van der Waals surface area contributed by atoms with Crippen LogP contribution in [0.4, 0.5) is 10.2 Å². The topological polar surface area (TPSA) is 61.7 Å². The first-order valence-electron chi connectivity index (χ1n) is 9.15. The molecule has 1 aromatic heterocycles. The van der Waals surface area contributed by atoms with E-state index in [4.69, 9.17) is 16.3 Å². The first-order chi connectivity index (χ1) is 13.2. The van der Waals surface area contributed by atoms with E-state index in [0.29, 0.717) is 29.4 Å². The molecule has 4 rings (SSSR count). The van der Waals surface area contributed by atoms with E-state index in [1.165, 1.54) is 6.07 Å². The Morgan fingerprint density at radius 1 is 1.22 bits per heavy atom. The largest absolute Gasteiger partial charge is 0.507 e. The number of benzene rings is 1. The van der Waals surface area contributed by atoms with Gasteiger partial charge in [0.1, 0.15) is 12.4 Å². The number of halogens is 2. The van der Waals surface area contributed by atoms with Crippen molar-refractivity contribution in [2.24, 2.45) is 0 Å². The maximum atomic E-state index is 12.7. The second-order valence-corrected chi connectivity index (χ2v) is 7.32. The highest BCUT2D eigenvalue weighted by Gasteiger charge is 2.37. The average molecular weight is 393 g/mol. The molecule has 0 amide bonds. The highest BCUT2D eigenvalue weighted by Crippen LogP contribution is 2.31. The molecule has 3 heterocycles. The summed E-state index contributed by atoms with van der Waals surface area (Å²) >= 11 is 5.89. The number of fused-ring (bicyclic) bond motifs is 1. The first-order valence-corrected chi connectivity index (χ1v) is 9.52. The van der Waals surface area contributed by atoms with Crippen LogP contribution < -0.4 is 4.90 Å². The third-order valence-corrected chi connectivity index (χ3v) is 5.49. The molecule has 2 atom stereocenters. The van der Waals surface area contributed by atoms with E-state index in [0.717, 1.165) is 31.9 Å². The van der Waals surface area contributed by atoms with Crippen molar-refractivity contribution < 1.29 is 14.2 Å². The molecule has 6 nitrogen and oxygen atoms in total. The Morgan fingerprint density at radius 2 is 2.11 bits per heavy atom.